The van der Waals surface area contributed by atoms with E-state index in [1.54, 1.807) is 13.8 Å². The molecule has 262 valence electrons. The highest BCUT2D eigenvalue weighted by Crippen LogP contribution is 2.46. The first-order chi connectivity index (χ1) is 22.1. The molecule has 0 unspecified atom stereocenters. The highest BCUT2D eigenvalue weighted by atomic mass is 28.4. The van der Waals surface area contributed by atoms with Crippen LogP contribution < -0.4 is 5.32 Å². The SMILES string of the molecule is C#C[C@]1(OC(=O)C(C)C)O[C@@H](n2cnc3c(NC(=O)CCCCCCCCCCCCC)nc(F)nc32)C[C@@H]1O[Si](C)(C)C(C)(C)C. The van der Waals surface area contributed by atoms with E-state index >= 15 is 0 Å². The van der Waals surface area contributed by atoms with Crippen LogP contribution >= 0.6 is 0 Å². The molecule has 3 heterocycles. The number of carbonyl (C=O) groups excluding carboxylic acids is 2. The molecule has 1 amide bonds. The van der Waals surface area contributed by atoms with Crippen molar-refractivity contribution < 1.29 is 27.9 Å². The molecule has 3 rings (SSSR count). The summed E-state index contributed by atoms with van der Waals surface area (Å²) in [6.07, 6.45) is 18.3. The van der Waals surface area contributed by atoms with E-state index < -0.39 is 44.4 Å². The van der Waals surface area contributed by atoms with Gasteiger partial charge in [-0.25, -0.2) is 4.98 Å². The predicted molar refractivity (Wildman–Crippen MR) is 184 cm³/mol. The van der Waals surface area contributed by atoms with Crippen LogP contribution in [0.4, 0.5) is 10.2 Å². The van der Waals surface area contributed by atoms with Crippen molar-refractivity contribution in [2.75, 3.05) is 5.32 Å². The number of esters is 1. The van der Waals surface area contributed by atoms with Crippen LogP contribution in [0.2, 0.25) is 18.1 Å². The first-order valence-corrected chi connectivity index (χ1v) is 20.3. The first-order valence-electron chi connectivity index (χ1n) is 17.4. The zero-order valence-electron chi connectivity index (χ0n) is 29.8. The summed E-state index contributed by atoms with van der Waals surface area (Å²) < 4.78 is 35.1. The second-order valence-electron chi connectivity index (χ2n) is 14.6. The van der Waals surface area contributed by atoms with E-state index in [1.807, 2.05) is 0 Å². The Kier molecular flexibility index (Phi) is 13.9. The molecular formula is C35H56FN5O5Si. The van der Waals surface area contributed by atoms with Gasteiger partial charge in [-0.05, 0) is 30.5 Å². The summed E-state index contributed by atoms with van der Waals surface area (Å²) in [5.41, 5.74) is 0.322. The first kappa shape index (κ1) is 38.6. The number of imidazole rings is 1. The maximum Gasteiger partial charge on any atom is 0.312 e. The molecule has 1 saturated heterocycles. The van der Waals surface area contributed by atoms with Gasteiger partial charge in [0.1, 0.15) is 12.3 Å². The van der Waals surface area contributed by atoms with Gasteiger partial charge in [0.05, 0.1) is 12.2 Å². The Hall–Kier alpha value is -2.88. The lowest BCUT2D eigenvalue weighted by molar-refractivity contribution is -0.227. The maximum atomic E-state index is 14.8. The average molecular weight is 674 g/mol. The number of anilines is 1. The van der Waals surface area contributed by atoms with Crippen molar-refractivity contribution in [1.82, 2.24) is 19.5 Å². The fourth-order valence-electron chi connectivity index (χ4n) is 5.34. The number of carbonyl (C=O) groups is 2. The van der Waals surface area contributed by atoms with Crippen molar-refractivity contribution in [2.24, 2.45) is 5.92 Å². The van der Waals surface area contributed by atoms with Crippen LogP contribution in [0.5, 0.6) is 0 Å². The molecule has 0 aliphatic carbocycles. The Bertz CT molecular complexity index is 1380. The van der Waals surface area contributed by atoms with E-state index in [0.29, 0.717) is 6.42 Å². The van der Waals surface area contributed by atoms with E-state index in [1.165, 1.54) is 62.3 Å². The Balaban J connectivity index is 1.70. The lowest BCUT2D eigenvalue weighted by Crippen LogP contribution is -2.52. The van der Waals surface area contributed by atoms with Gasteiger partial charge in [0.2, 0.25) is 5.91 Å². The van der Waals surface area contributed by atoms with Crippen molar-refractivity contribution in [3.63, 3.8) is 0 Å². The smallest absolute Gasteiger partial charge is 0.312 e. The van der Waals surface area contributed by atoms with Crippen molar-refractivity contribution in [1.29, 1.82) is 0 Å². The van der Waals surface area contributed by atoms with Crippen molar-refractivity contribution >= 4 is 37.2 Å². The zero-order chi connectivity index (χ0) is 34.8. The van der Waals surface area contributed by atoms with Gasteiger partial charge in [0.15, 0.2) is 25.3 Å². The minimum atomic E-state index is -2.41. The average Bonchev–Trinajstić information content (AvgIpc) is 3.56. The van der Waals surface area contributed by atoms with E-state index in [2.05, 4.69) is 67.0 Å². The number of unbranched alkanes of at least 4 members (excludes halogenated alkanes) is 10. The molecule has 0 saturated carbocycles. The number of terminal acetylenes is 1. The third-order valence-electron chi connectivity index (χ3n) is 9.29. The minimum Gasteiger partial charge on any atom is -0.418 e. The lowest BCUT2D eigenvalue weighted by atomic mass is 10.1. The van der Waals surface area contributed by atoms with Gasteiger partial charge in [0.25, 0.3) is 0 Å². The van der Waals surface area contributed by atoms with Crippen LogP contribution in [0.1, 0.15) is 131 Å². The third kappa shape index (κ3) is 10.3. The summed E-state index contributed by atoms with van der Waals surface area (Å²) in [5, 5.41) is 2.56. The molecule has 1 aliphatic heterocycles. The standard InChI is InChI=1S/C35H56FN5O5Si/c1-10-12-13-14-15-16-17-18-19-20-21-22-27(42)38-30-29-31(40-33(36)39-30)41(24-37-29)28-23-26(46-47(8,9)34(5,6)7)35(11-2,44-28)45-32(43)25(3)4/h2,24-26,28H,10,12-23H2,1,3-9H3,(H,38,39,40,42)/t26-,28+,35+/m0/s1. The fourth-order valence-corrected chi connectivity index (χ4v) is 6.65. The predicted octanol–water partition coefficient (Wildman–Crippen LogP) is 8.44. The molecule has 47 heavy (non-hydrogen) atoms. The quantitative estimate of drug-likeness (QED) is 0.0551. The summed E-state index contributed by atoms with van der Waals surface area (Å²) in [6.45, 7) is 16.1. The Morgan fingerprint density at radius 2 is 1.70 bits per heavy atom. The largest absolute Gasteiger partial charge is 0.418 e. The van der Waals surface area contributed by atoms with Crippen LogP contribution in [0.15, 0.2) is 6.33 Å². The number of hydrogen-bond acceptors (Lipinski definition) is 8. The second kappa shape index (κ2) is 17.0. The molecule has 3 atom stereocenters. The topological polar surface area (TPSA) is 117 Å². The fraction of sp³-hybridized carbons (Fsp3) is 0.743. The van der Waals surface area contributed by atoms with Gasteiger partial charge in [0, 0.05) is 12.8 Å². The Labute approximate surface area is 281 Å². The molecule has 1 N–H and O–H groups in total. The summed E-state index contributed by atoms with van der Waals surface area (Å²) in [7, 11) is -2.41. The van der Waals surface area contributed by atoms with Gasteiger partial charge >= 0.3 is 17.8 Å². The van der Waals surface area contributed by atoms with Crippen molar-refractivity contribution in [3.05, 3.63) is 12.4 Å². The Morgan fingerprint density at radius 1 is 1.11 bits per heavy atom. The van der Waals surface area contributed by atoms with Crippen LogP contribution in [-0.2, 0) is 23.5 Å². The summed E-state index contributed by atoms with van der Waals surface area (Å²) >= 11 is 0. The highest BCUT2D eigenvalue weighted by Gasteiger charge is 2.56. The summed E-state index contributed by atoms with van der Waals surface area (Å²) in [6, 6.07) is 0. The highest BCUT2D eigenvalue weighted by molar-refractivity contribution is 6.74. The second-order valence-corrected chi connectivity index (χ2v) is 19.3. The monoisotopic (exact) mass is 673 g/mol. The molecule has 0 spiro atoms. The van der Waals surface area contributed by atoms with E-state index in [0.717, 1.165) is 19.3 Å². The number of hydrogen-bond donors (Lipinski definition) is 1. The number of fused-ring (bicyclic) bond motifs is 1. The molecular weight excluding hydrogens is 617 g/mol. The molecule has 2 aromatic heterocycles. The molecule has 12 heteroatoms. The minimum absolute atomic E-state index is 0.0131. The van der Waals surface area contributed by atoms with Crippen molar-refractivity contribution in [2.45, 2.75) is 161 Å². The lowest BCUT2D eigenvalue weighted by Gasteiger charge is -2.41. The Morgan fingerprint density at radius 3 is 2.26 bits per heavy atom. The summed E-state index contributed by atoms with van der Waals surface area (Å²) in [5.74, 6) is -0.511. The molecule has 0 aromatic carbocycles. The van der Waals surface area contributed by atoms with Gasteiger partial charge in [-0.15, -0.1) is 6.42 Å². The maximum absolute atomic E-state index is 14.8. The number of amides is 1. The van der Waals surface area contributed by atoms with Gasteiger partial charge in [-0.1, -0.05) is 106 Å². The van der Waals surface area contributed by atoms with Crippen LogP contribution in [0.25, 0.3) is 11.2 Å². The molecule has 10 nitrogen and oxygen atoms in total. The molecule has 2 aromatic rings. The number of nitrogens with zero attached hydrogens (tertiary/aromatic N) is 4. The van der Waals surface area contributed by atoms with Crippen LogP contribution in [-0.4, -0.2) is 51.6 Å². The molecule has 0 bridgehead atoms. The number of aromatic nitrogens is 4. The van der Waals surface area contributed by atoms with E-state index in [9.17, 15) is 14.0 Å². The number of rotatable bonds is 18. The molecule has 1 fully saturated rings. The van der Waals surface area contributed by atoms with E-state index in [-0.39, 0.29) is 34.3 Å². The number of nitrogens with one attached hydrogen (secondary N) is 1. The normalized spacial score (nSPS) is 20.1. The molecule has 1 aliphatic rings. The molecule has 0 radical (unpaired) electrons. The van der Waals surface area contributed by atoms with Gasteiger partial charge < -0.3 is 19.2 Å². The van der Waals surface area contributed by atoms with Crippen molar-refractivity contribution in [3.8, 4) is 12.3 Å². The van der Waals surface area contributed by atoms with Crippen LogP contribution in [0, 0.1) is 24.3 Å². The number of halogens is 1. The summed E-state index contributed by atoms with van der Waals surface area (Å²) in [4.78, 5) is 37.8. The zero-order valence-corrected chi connectivity index (χ0v) is 30.8. The number of ether oxygens (including phenoxy) is 2. The third-order valence-corrected chi connectivity index (χ3v) is 13.8. The van der Waals surface area contributed by atoms with Gasteiger partial charge in [-0.3, -0.25) is 14.2 Å². The van der Waals surface area contributed by atoms with Crippen LogP contribution in [0.3, 0.4) is 0 Å². The van der Waals surface area contributed by atoms with E-state index in [4.69, 9.17) is 20.3 Å². The van der Waals surface area contributed by atoms with Gasteiger partial charge in [-0.2, -0.15) is 14.4 Å².